The summed E-state index contributed by atoms with van der Waals surface area (Å²) < 4.78 is 0. The van der Waals surface area contributed by atoms with Gasteiger partial charge in [-0.3, -0.25) is 14.7 Å². The number of hydrogen-bond acceptors (Lipinski definition) is 5. The Kier molecular flexibility index (Phi) is 6.28. The molecule has 1 atom stereocenters. The Bertz CT molecular complexity index is 704. The Morgan fingerprint density at radius 3 is 2.62 bits per heavy atom. The minimum absolute atomic E-state index is 0.147. The molecule has 1 aliphatic heterocycles. The number of rotatable bonds is 5. The van der Waals surface area contributed by atoms with Crippen molar-refractivity contribution in [2.24, 2.45) is 5.92 Å². The Hall–Kier alpha value is -2.34. The average Bonchev–Trinajstić information content (AvgIpc) is 2.85. The predicted molar refractivity (Wildman–Crippen MR) is 100 cm³/mol. The van der Waals surface area contributed by atoms with Crippen LogP contribution in [0.2, 0.25) is 0 Å². The van der Waals surface area contributed by atoms with Gasteiger partial charge in [-0.05, 0) is 24.5 Å². The lowest BCUT2D eigenvalue weighted by Gasteiger charge is -2.24. The van der Waals surface area contributed by atoms with Gasteiger partial charge in [0.15, 0.2) is 0 Å². The number of carbonyl (C=O) groups excluding carboxylic acids is 1. The topological polar surface area (TPSA) is 62.2 Å². The molecule has 3 heterocycles. The van der Waals surface area contributed by atoms with Gasteiger partial charge in [0, 0.05) is 75.9 Å². The molecule has 0 saturated carbocycles. The fourth-order valence-electron chi connectivity index (χ4n) is 3.46. The van der Waals surface area contributed by atoms with Crippen molar-refractivity contribution in [1.82, 2.24) is 24.8 Å². The van der Waals surface area contributed by atoms with Crippen LogP contribution in [0.1, 0.15) is 30.9 Å². The summed E-state index contributed by atoms with van der Waals surface area (Å²) >= 11 is 0. The van der Waals surface area contributed by atoms with Crippen molar-refractivity contribution in [2.75, 3.05) is 26.2 Å². The lowest BCUT2D eigenvalue weighted by Crippen LogP contribution is -2.34. The predicted octanol–water partition coefficient (Wildman–Crippen LogP) is 1.96. The second-order valence-corrected chi connectivity index (χ2v) is 6.95. The van der Waals surface area contributed by atoms with Crippen molar-refractivity contribution in [3.63, 3.8) is 0 Å². The Morgan fingerprint density at radius 1 is 1.15 bits per heavy atom. The highest BCUT2D eigenvalue weighted by molar-refractivity contribution is 5.73. The molecular weight excluding hydrogens is 326 g/mol. The van der Waals surface area contributed by atoms with Gasteiger partial charge in [0.1, 0.15) is 5.82 Å². The van der Waals surface area contributed by atoms with Gasteiger partial charge in [-0.1, -0.05) is 13.0 Å². The average molecular weight is 353 g/mol. The van der Waals surface area contributed by atoms with Gasteiger partial charge in [0.2, 0.25) is 5.91 Å². The summed E-state index contributed by atoms with van der Waals surface area (Å²) in [5.74, 6) is 1.39. The highest BCUT2D eigenvalue weighted by Crippen LogP contribution is 2.16. The van der Waals surface area contributed by atoms with Crippen molar-refractivity contribution in [2.45, 2.75) is 33.2 Å². The molecule has 1 fully saturated rings. The van der Waals surface area contributed by atoms with E-state index in [4.69, 9.17) is 0 Å². The monoisotopic (exact) mass is 353 g/mol. The maximum atomic E-state index is 12.0. The van der Waals surface area contributed by atoms with Gasteiger partial charge < -0.3 is 4.90 Å². The first-order valence-corrected chi connectivity index (χ1v) is 9.31. The maximum absolute atomic E-state index is 12.0. The third kappa shape index (κ3) is 5.08. The van der Waals surface area contributed by atoms with Crippen LogP contribution in [0.5, 0.6) is 0 Å². The van der Waals surface area contributed by atoms with Gasteiger partial charge in [-0.15, -0.1) is 0 Å². The minimum atomic E-state index is 0.147. The Balaban J connectivity index is 1.69. The molecule has 0 radical (unpaired) electrons. The van der Waals surface area contributed by atoms with Crippen LogP contribution in [0.3, 0.4) is 0 Å². The second kappa shape index (κ2) is 8.85. The zero-order valence-electron chi connectivity index (χ0n) is 15.6. The molecule has 1 saturated heterocycles. The van der Waals surface area contributed by atoms with E-state index in [-0.39, 0.29) is 5.91 Å². The third-order valence-corrected chi connectivity index (χ3v) is 4.83. The molecular formula is C20H27N5O. The van der Waals surface area contributed by atoms with Crippen LogP contribution < -0.4 is 0 Å². The molecule has 0 spiro atoms. The molecule has 1 amide bonds. The Labute approximate surface area is 155 Å². The van der Waals surface area contributed by atoms with E-state index in [9.17, 15) is 4.79 Å². The number of hydrogen-bond donors (Lipinski definition) is 0. The lowest BCUT2D eigenvalue weighted by atomic mass is 10.0. The van der Waals surface area contributed by atoms with E-state index in [1.807, 2.05) is 35.6 Å². The van der Waals surface area contributed by atoms with Gasteiger partial charge in [-0.2, -0.15) is 0 Å². The summed E-state index contributed by atoms with van der Waals surface area (Å²) in [6.07, 6.45) is 7.41. The summed E-state index contributed by atoms with van der Waals surface area (Å²) in [6, 6.07) is 6.02. The number of carbonyl (C=O) groups is 1. The molecule has 138 valence electrons. The molecule has 6 nitrogen and oxygen atoms in total. The standard InChI is InChI=1S/C20H27N5O/c1-3-20-22-11-18(12-23-20)14-24-8-9-25(16(2)26)15-17(13-24)10-19-6-4-5-7-21-19/h4-7,11-12,17H,3,8-10,13-15H2,1-2H3/t17-/m0/s1. The number of nitrogens with zero attached hydrogens (tertiary/aromatic N) is 5. The number of aryl methyl sites for hydroxylation is 1. The van der Waals surface area contributed by atoms with Crippen molar-refractivity contribution in [1.29, 1.82) is 0 Å². The van der Waals surface area contributed by atoms with E-state index in [0.29, 0.717) is 5.92 Å². The van der Waals surface area contributed by atoms with E-state index in [0.717, 1.165) is 62.6 Å². The Morgan fingerprint density at radius 2 is 1.96 bits per heavy atom. The second-order valence-electron chi connectivity index (χ2n) is 6.95. The first-order valence-electron chi connectivity index (χ1n) is 9.31. The summed E-state index contributed by atoms with van der Waals surface area (Å²) in [7, 11) is 0. The van der Waals surface area contributed by atoms with Crippen molar-refractivity contribution < 1.29 is 4.79 Å². The summed E-state index contributed by atoms with van der Waals surface area (Å²) in [5.41, 5.74) is 2.20. The number of amides is 1. The number of pyridine rings is 1. The molecule has 2 aromatic rings. The van der Waals surface area contributed by atoms with Gasteiger partial charge >= 0.3 is 0 Å². The fraction of sp³-hybridized carbons (Fsp3) is 0.500. The zero-order valence-corrected chi connectivity index (χ0v) is 15.6. The van der Waals surface area contributed by atoms with Crippen LogP contribution in [0.25, 0.3) is 0 Å². The van der Waals surface area contributed by atoms with Gasteiger partial charge in [0.05, 0.1) is 0 Å². The molecule has 0 unspecified atom stereocenters. The molecule has 0 bridgehead atoms. The van der Waals surface area contributed by atoms with Crippen LogP contribution in [-0.4, -0.2) is 56.8 Å². The van der Waals surface area contributed by atoms with Gasteiger partial charge in [-0.25, -0.2) is 9.97 Å². The number of aromatic nitrogens is 3. The van der Waals surface area contributed by atoms with Crippen molar-refractivity contribution in [3.05, 3.63) is 53.9 Å². The summed E-state index contributed by atoms with van der Waals surface area (Å²) in [6.45, 7) is 7.89. The molecule has 1 aliphatic rings. The molecule has 0 aromatic carbocycles. The highest BCUT2D eigenvalue weighted by atomic mass is 16.2. The summed E-state index contributed by atoms with van der Waals surface area (Å²) in [5, 5.41) is 0. The zero-order chi connectivity index (χ0) is 18.4. The molecule has 0 aliphatic carbocycles. The molecule has 6 heteroatoms. The minimum Gasteiger partial charge on any atom is -0.341 e. The first kappa shape index (κ1) is 18.5. The highest BCUT2D eigenvalue weighted by Gasteiger charge is 2.24. The van der Waals surface area contributed by atoms with Crippen LogP contribution in [-0.2, 0) is 24.2 Å². The maximum Gasteiger partial charge on any atom is 0.219 e. The van der Waals surface area contributed by atoms with E-state index < -0.39 is 0 Å². The summed E-state index contributed by atoms with van der Waals surface area (Å²) in [4.78, 5) is 29.6. The first-order chi connectivity index (χ1) is 12.6. The van der Waals surface area contributed by atoms with Crippen LogP contribution in [0.15, 0.2) is 36.8 Å². The van der Waals surface area contributed by atoms with E-state index in [2.05, 4.69) is 32.8 Å². The van der Waals surface area contributed by atoms with Crippen LogP contribution in [0, 0.1) is 5.92 Å². The van der Waals surface area contributed by atoms with Crippen molar-refractivity contribution in [3.8, 4) is 0 Å². The normalized spacial score (nSPS) is 18.5. The van der Waals surface area contributed by atoms with Crippen LogP contribution in [0.4, 0.5) is 0 Å². The van der Waals surface area contributed by atoms with Crippen molar-refractivity contribution >= 4 is 5.91 Å². The van der Waals surface area contributed by atoms with E-state index >= 15 is 0 Å². The molecule has 2 aromatic heterocycles. The van der Waals surface area contributed by atoms with Gasteiger partial charge in [0.25, 0.3) is 0 Å². The molecule has 0 N–H and O–H groups in total. The quantitative estimate of drug-likeness (QED) is 0.822. The largest absolute Gasteiger partial charge is 0.341 e. The molecule has 3 rings (SSSR count). The fourth-order valence-corrected chi connectivity index (χ4v) is 3.46. The van der Waals surface area contributed by atoms with E-state index in [1.165, 1.54) is 0 Å². The molecule has 26 heavy (non-hydrogen) atoms. The lowest BCUT2D eigenvalue weighted by molar-refractivity contribution is -0.129. The van der Waals surface area contributed by atoms with E-state index in [1.54, 1.807) is 6.92 Å². The van der Waals surface area contributed by atoms with Crippen LogP contribution >= 0.6 is 0 Å². The smallest absolute Gasteiger partial charge is 0.219 e. The SMILES string of the molecule is CCc1ncc(CN2CCN(C(C)=O)C[C@@H](Cc3ccccn3)C2)cn1. The third-order valence-electron chi connectivity index (χ3n) is 4.83.